The molecule has 33 nitrogen and oxygen atoms in total. The van der Waals surface area contributed by atoms with Crippen molar-refractivity contribution in [2.24, 2.45) is 5.73 Å². The number of fused-ring (bicyclic) bond motifs is 2. The number of ether oxygens (including phenoxy) is 2. The number of carboxylic acid groups (broad SMARTS) is 2. The molecule has 0 unspecified atom stereocenters. The van der Waals surface area contributed by atoms with Gasteiger partial charge in [0.1, 0.15) is 17.3 Å². The van der Waals surface area contributed by atoms with Gasteiger partial charge in [0.2, 0.25) is 11.8 Å². The summed E-state index contributed by atoms with van der Waals surface area (Å²) in [4.78, 5) is 79.8. The second kappa shape index (κ2) is 50.7. The largest absolute Gasteiger partial charge is 0.496 e. The van der Waals surface area contributed by atoms with Gasteiger partial charge in [-0.25, -0.2) is 50.3 Å². The van der Waals surface area contributed by atoms with E-state index in [0.717, 1.165) is 99.0 Å². The summed E-state index contributed by atoms with van der Waals surface area (Å²) in [6, 6.07) is 33.2. The number of carbonyl (C=O) groups is 3. The summed E-state index contributed by atoms with van der Waals surface area (Å²) in [6.45, 7) is 21.6. The number of anilines is 4. The molecule has 44 heteroatoms. The van der Waals surface area contributed by atoms with E-state index in [1.807, 2.05) is 169 Å². The molecule has 10 aromatic rings. The van der Waals surface area contributed by atoms with Crippen LogP contribution in [0.2, 0.25) is 0 Å². The minimum absolute atomic E-state index is 0.0122. The number of benzene rings is 6. The van der Waals surface area contributed by atoms with E-state index in [1.54, 1.807) is 64.4 Å². The zero-order valence-corrected chi connectivity index (χ0v) is 82.4. The van der Waals surface area contributed by atoms with E-state index in [4.69, 9.17) is 76.7 Å². The number of hydrogen-bond acceptors (Lipinski definition) is 27. The first-order chi connectivity index (χ1) is 59.2. The van der Waals surface area contributed by atoms with Crippen molar-refractivity contribution in [3.8, 4) is 11.8 Å². The van der Waals surface area contributed by atoms with Crippen molar-refractivity contribution in [1.29, 1.82) is 0 Å². The predicted octanol–water partition coefficient (Wildman–Crippen LogP) is 10.8. The highest BCUT2D eigenvalue weighted by molar-refractivity contribution is 9.11. The first kappa shape index (κ1) is 110. The van der Waals surface area contributed by atoms with Gasteiger partial charge in [-0.2, -0.15) is 0 Å². The van der Waals surface area contributed by atoms with Crippen LogP contribution >= 0.6 is 74.4 Å². The van der Waals surface area contributed by atoms with E-state index in [9.17, 15) is 44.8 Å². The number of aromatic carboxylic acids is 1. The molecule has 0 bridgehead atoms. The molecule has 2 fully saturated rings. The third-order valence-corrected chi connectivity index (χ3v) is 23.5. The first-order valence-electron chi connectivity index (χ1n) is 38.5. The van der Waals surface area contributed by atoms with Crippen molar-refractivity contribution < 1.29 is 78.3 Å². The SMILES string of the molecule is CN(C)CCN.CN(C)CCNC(=O)c1cc(Br)ccc1N.CN(C)CCn1cnc2ccc(Br)cc2c1=O.CN(C)CCn1cnc2ccc(Br)cc2c1=O.COc1ncc(B2OC(C)(C)C(C)(C)O2)cc1N.COc1ncc(B2OC(C)(C)C(C)(C)O2)cc1NS(=O)(=O)c1ccc(F)cc1.Nc1ccc(Br)cc1C(=O)O.O=CO.O=S(=O)(Cl)c1ccc(F)cc1. The number of pyridine rings is 2. The second-order valence-electron chi connectivity index (χ2n) is 30.8. The fraction of sp³-hybridized carbons (Fsp3) is 0.361. The predicted molar refractivity (Wildman–Crippen MR) is 510 cm³/mol. The number of carbonyl (C=O) groups excluding carboxylic acids is 1. The summed E-state index contributed by atoms with van der Waals surface area (Å²) in [6.07, 6.45) is 6.40. The molecular weight excluding hydrogens is 1970 g/mol. The fourth-order valence-corrected chi connectivity index (χ4v) is 13.6. The summed E-state index contributed by atoms with van der Waals surface area (Å²) in [5.41, 5.74) is 25.1. The van der Waals surface area contributed by atoms with Crippen LogP contribution in [0.25, 0.3) is 21.8 Å². The van der Waals surface area contributed by atoms with Crippen molar-refractivity contribution in [3.05, 3.63) is 220 Å². The molecule has 2 saturated heterocycles. The summed E-state index contributed by atoms with van der Waals surface area (Å²) in [5.74, 6) is -1.67. The highest BCUT2D eigenvalue weighted by Crippen LogP contribution is 2.39. The number of nitrogens with one attached hydrogen (secondary N) is 2. The number of methoxy groups -OCH3 is 2. The number of sulfonamides is 1. The minimum Gasteiger partial charge on any atom is -0.483 e. The Morgan fingerprint density at radius 3 is 1.25 bits per heavy atom. The highest BCUT2D eigenvalue weighted by Gasteiger charge is 2.53. The van der Waals surface area contributed by atoms with Gasteiger partial charge in [0, 0.05) is 116 Å². The van der Waals surface area contributed by atoms with Crippen LogP contribution in [0, 0.1) is 11.6 Å². The van der Waals surface area contributed by atoms with Crippen molar-refractivity contribution >= 4 is 182 Å². The third kappa shape index (κ3) is 35.3. The molecule has 2 aliphatic rings. The molecule has 4 aromatic heterocycles. The smallest absolute Gasteiger partial charge is 0.483 e. The minimum atomic E-state index is -3.97. The van der Waals surface area contributed by atoms with Gasteiger partial charge in [0.25, 0.3) is 42.6 Å². The van der Waals surface area contributed by atoms with Gasteiger partial charge < -0.3 is 86.2 Å². The number of carboxylic acids is 1. The standard InChI is InChI=1S/C18H22BFN2O5S.C12H19BN2O3.2C12H14BrN3O.C11H16BrN3O.C7H6BrNO2.C6H4ClFO2S.C4H12N2.CH2O2/c1-17(2)18(3,4)27-19(26-17)12-10-15(16(25-5)21-11-12)22-28(23,24)14-8-6-13(20)7-9-14;1-11(2)12(3,4)18-13(17-11)8-6-9(14)10(16-5)15-7-8;2*1-15(2)5-6-16-8-14-11-4-3-9(13)7-10(11)12(16)17;1-15(2)6-5-14-11(16)9-7-8(12)3-4-10(9)13;8-4-1-2-6(9)5(3-4)7(10)11;7-11(9,10)6-3-1-5(8)2-4-6;1-6(2)4-3-5;2-1-3/h6-11,22H,1-5H3;6-7H,14H2,1-5H3;2*3-4,7-8H,5-6H2,1-2H3;3-4,7H,5-6,13H2,1-2H3,(H,14,16);1-3H,9H2,(H,10,11);1-4H;3-5H2,1-2H3;1H,(H,2,3). The van der Waals surface area contributed by atoms with Crippen molar-refractivity contribution in [2.45, 2.75) is 101 Å². The molecule has 2 aliphatic heterocycles. The number of halogens is 7. The maximum absolute atomic E-state index is 13.1. The summed E-state index contributed by atoms with van der Waals surface area (Å²) >= 11 is 13.2. The van der Waals surface area contributed by atoms with E-state index in [0.29, 0.717) is 63.2 Å². The van der Waals surface area contributed by atoms with E-state index in [2.05, 4.69) is 98.6 Å². The Balaban J connectivity index is 0.000000311. The number of nitrogen functional groups attached to an aromatic ring is 3. The van der Waals surface area contributed by atoms with Crippen LogP contribution in [0.15, 0.2) is 196 Å². The zero-order valence-electron chi connectivity index (χ0n) is 73.7. The van der Waals surface area contributed by atoms with E-state index in [-0.39, 0.29) is 67.3 Å². The average Bonchev–Trinajstić information content (AvgIpc) is 1.63. The maximum atomic E-state index is 13.1. The van der Waals surface area contributed by atoms with Crippen LogP contribution < -0.4 is 64.5 Å². The number of rotatable bonds is 21. The van der Waals surface area contributed by atoms with Gasteiger partial charge in [-0.1, -0.05) is 63.7 Å². The van der Waals surface area contributed by atoms with Crippen molar-refractivity contribution in [1.82, 2.24) is 54.0 Å². The summed E-state index contributed by atoms with van der Waals surface area (Å²) in [5, 5.41) is 19.6. The highest BCUT2D eigenvalue weighted by atomic mass is 79.9. The van der Waals surface area contributed by atoms with Crippen molar-refractivity contribution in [2.75, 3.05) is 132 Å². The van der Waals surface area contributed by atoms with Gasteiger partial charge in [0.05, 0.1) is 97.7 Å². The molecule has 12 rings (SSSR count). The third-order valence-electron chi connectivity index (χ3n) is 18.7. The Hall–Kier alpha value is -9.15. The fourth-order valence-electron chi connectivity index (χ4n) is 10.4. The normalized spacial score (nSPS) is 13.7. The van der Waals surface area contributed by atoms with Gasteiger partial charge >= 0.3 is 20.2 Å². The molecule has 1 amide bonds. The summed E-state index contributed by atoms with van der Waals surface area (Å²) < 4.78 is 115. The molecule has 0 atom stereocenters. The molecule has 0 spiro atoms. The molecule has 690 valence electrons. The molecular formula is C83H109B2Br4ClF2N16O17S2. The topological polar surface area (TPSA) is 452 Å². The van der Waals surface area contributed by atoms with E-state index < -0.39 is 62.1 Å². The number of hydrogen-bond donors (Lipinski definition) is 8. The zero-order chi connectivity index (χ0) is 95.9. The maximum Gasteiger partial charge on any atom is 0.496 e. The molecule has 6 heterocycles. The Morgan fingerprint density at radius 1 is 0.535 bits per heavy atom. The number of nitrogens with zero attached hydrogens (tertiary/aromatic N) is 10. The lowest BCUT2D eigenvalue weighted by Crippen LogP contribution is -2.41. The van der Waals surface area contributed by atoms with Crippen LogP contribution in [0.1, 0.15) is 76.1 Å². The molecule has 6 aromatic carbocycles. The number of amides is 1. The van der Waals surface area contributed by atoms with Crippen molar-refractivity contribution in [3.63, 3.8) is 0 Å². The lowest BCUT2D eigenvalue weighted by atomic mass is 9.80. The molecule has 0 radical (unpaired) electrons. The number of aromatic nitrogens is 6. The van der Waals surface area contributed by atoms with E-state index in [1.165, 1.54) is 38.6 Å². The van der Waals surface area contributed by atoms with Gasteiger partial charge in [-0.3, -0.25) is 33.0 Å². The van der Waals surface area contributed by atoms with Crippen LogP contribution in [-0.4, -0.2) is 241 Å². The average molecular weight is 2080 g/mol. The number of likely N-dealkylation sites (N-methyl/N-ethyl adjacent to an activating group) is 4. The lowest BCUT2D eigenvalue weighted by Gasteiger charge is -2.32. The monoisotopic (exact) mass is 2080 g/mol. The van der Waals surface area contributed by atoms with Crippen LogP contribution in [0.3, 0.4) is 0 Å². The van der Waals surface area contributed by atoms with Gasteiger partial charge in [-0.05, 0) is 245 Å². The van der Waals surface area contributed by atoms with Gasteiger partial charge in [-0.15, -0.1) is 0 Å². The Morgan fingerprint density at radius 2 is 0.898 bits per heavy atom. The van der Waals surface area contributed by atoms with E-state index >= 15 is 0 Å². The lowest BCUT2D eigenvalue weighted by molar-refractivity contribution is -0.122. The Bertz CT molecular complexity index is 5530. The van der Waals surface area contributed by atoms with Crippen LogP contribution in [0.5, 0.6) is 11.8 Å². The Kier molecular flexibility index (Phi) is 44.0. The molecule has 127 heavy (non-hydrogen) atoms. The van der Waals surface area contributed by atoms with Crippen LogP contribution in [-0.2, 0) is 55.6 Å². The molecule has 12 N–H and O–H groups in total. The second-order valence-corrected chi connectivity index (χ2v) is 38.7. The van der Waals surface area contributed by atoms with Crippen LogP contribution in [0.4, 0.5) is 31.5 Å². The Labute approximate surface area is 777 Å². The van der Waals surface area contributed by atoms with Gasteiger partial charge in [0.15, 0.2) is 0 Å². The molecule has 0 aliphatic carbocycles. The quantitative estimate of drug-likeness (QED) is 0.0143. The number of nitrogens with two attached hydrogens (primary N) is 4. The summed E-state index contributed by atoms with van der Waals surface area (Å²) in [7, 11) is 14.9. The molecule has 0 saturated carbocycles. The first-order valence-corrected chi connectivity index (χ1v) is 45.4.